The lowest BCUT2D eigenvalue weighted by atomic mass is 9.95. The van der Waals surface area contributed by atoms with E-state index in [1.54, 1.807) is 0 Å². The predicted octanol–water partition coefficient (Wildman–Crippen LogP) is 1.48. The average Bonchev–Trinajstić information content (AvgIpc) is 3.08. The van der Waals surface area contributed by atoms with Gasteiger partial charge in [0.25, 0.3) is 0 Å². The highest BCUT2D eigenvalue weighted by Gasteiger charge is 2.56. The second-order valence-electron chi connectivity index (χ2n) is 12.2. The van der Waals surface area contributed by atoms with Gasteiger partial charge >= 0.3 is 23.9 Å². The van der Waals surface area contributed by atoms with Gasteiger partial charge in [0.05, 0.1) is 19.8 Å². The number of carbonyl (C=O) groups is 5. The van der Waals surface area contributed by atoms with Crippen LogP contribution in [0.5, 0.6) is 0 Å². The SMILES string of the molecule is CC(=O)NC1C(OCc2ccccc2)OC(COCc2ccccc2)C(OC2OC(COC(C)=O)C(OC(C)=O)C(OC(C)=O)C2OC(C)=O)C1O. The van der Waals surface area contributed by atoms with Crippen LogP contribution in [-0.4, -0.2) is 109 Å². The summed E-state index contributed by atoms with van der Waals surface area (Å²) in [5, 5.41) is 14.6. The molecule has 2 aromatic carbocycles. The molecule has 10 unspecified atom stereocenters. The van der Waals surface area contributed by atoms with Crippen molar-refractivity contribution in [2.45, 2.75) is 109 Å². The van der Waals surface area contributed by atoms with Gasteiger partial charge in [-0.15, -0.1) is 0 Å². The molecule has 2 aliphatic rings. The lowest BCUT2D eigenvalue weighted by molar-refractivity contribution is -0.351. The van der Waals surface area contributed by atoms with Gasteiger partial charge in [-0.2, -0.15) is 0 Å². The highest BCUT2D eigenvalue weighted by Crippen LogP contribution is 2.34. The zero-order valence-corrected chi connectivity index (χ0v) is 29.5. The van der Waals surface area contributed by atoms with Crippen LogP contribution in [0.15, 0.2) is 60.7 Å². The Morgan fingerprint density at radius 2 is 1.15 bits per heavy atom. The molecular weight excluding hydrogens is 686 g/mol. The van der Waals surface area contributed by atoms with Gasteiger partial charge in [0.15, 0.2) is 30.9 Å². The van der Waals surface area contributed by atoms with E-state index in [4.69, 9.17) is 42.6 Å². The van der Waals surface area contributed by atoms with Crippen molar-refractivity contribution in [3.05, 3.63) is 71.8 Å². The van der Waals surface area contributed by atoms with E-state index in [1.165, 1.54) is 6.92 Å². The Bertz CT molecular complexity index is 1490. The fourth-order valence-electron chi connectivity index (χ4n) is 5.83. The fraction of sp³-hybridized carbons (Fsp3) is 0.528. The van der Waals surface area contributed by atoms with Gasteiger partial charge in [-0.1, -0.05) is 60.7 Å². The highest BCUT2D eigenvalue weighted by atomic mass is 16.8. The third-order valence-corrected chi connectivity index (χ3v) is 7.93. The molecule has 1 amide bonds. The zero-order valence-electron chi connectivity index (χ0n) is 29.5. The molecule has 0 aromatic heterocycles. The molecule has 16 heteroatoms. The maximum atomic E-state index is 12.4. The van der Waals surface area contributed by atoms with Crippen LogP contribution in [0.4, 0.5) is 0 Å². The van der Waals surface area contributed by atoms with Crippen molar-refractivity contribution in [3.63, 3.8) is 0 Å². The number of carbonyl (C=O) groups excluding carboxylic acids is 5. The topological polar surface area (TPSA) is 201 Å². The van der Waals surface area contributed by atoms with E-state index < -0.39 is 97.7 Å². The molecule has 2 saturated heterocycles. The Labute approximate surface area is 300 Å². The van der Waals surface area contributed by atoms with Crippen molar-refractivity contribution >= 4 is 29.8 Å². The monoisotopic (exact) mass is 731 g/mol. The van der Waals surface area contributed by atoms with Crippen LogP contribution in [-0.2, 0) is 79.8 Å². The number of aliphatic hydroxyl groups excluding tert-OH is 1. The van der Waals surface area contributed by atoms with Crippen molar-refractivity contribution in [2.24, 2.45) is 0 Å². The molecule has 10 atom stereocenters. The van der Waals surface area contributed by atoms with Crippen molar-refractivity contribution in [3.8, 4) is 0 Å². The van der Waals surface area contributed by atoms with Gasteiger partial charge in [0.2, 0.25) is 5.91 Å². The summed E-state index contributed by atoms with van der Waals surface area (Å²) in [5.41, 5.74) is 1.65. The molecule has 0 aliphatic carbocycles. The third-order valence-electron chi connectivity index (χ3n) is 7.93. The Kier molecular flexibility index (Phi) is 15.0. The molecule has 0 radical (unpaired) electrons. The Morgan fingerprint density at radius 3 is 1.71 bits per heavy atom. The van der Waals surface area contributed by atoms with Crippen LogP contribution in [0, 0.1) is 0 Å². The minimum atomic E-state index is -1.65. The number of rotatable bonds is 15. The van der Waals surface area contributed by atoms with Crippen molar-refractivity contribution in [2.75, 3.05) is 13.2 Å². The molecule has 2 fully saturated rings. The summed E-state index contributed by atoms with van der Waals surface area (Å²) in [6.45, 7) is 5.26. The van der Waals surface area contributed by atoms with E-state index in [1.807, 2.05) is 60.7 Å². The van der Waals surface area contributed by atoms with Gasteiger partial charge in [0.1, 0.15) is 37.1 Å². The Morgan fingerprint density at radius 1 is 0.635 bits per heavy atom. The van der Waals surface area contributed by atoms with E-state index in [9.17, 15) is 29.1 Å². The molecule has 16 nitrogen and oxygen atoms in total. The summed E-state index contributed by atoms with van der Waals surface area (Å²) < 4.78 is 52.6. The van der Waals surface area contributed by atoms with Crippen molar-refractivity contribution < 1.29 is 71.7 Å². The largest absolute Gasteiger partial charge is 0.463 e. The van der Waals surface area contributed by atoms with Gasteiger partial charge < -0.3 is 53.1 Å². The van der Waals surface area contributed by atoms with E-state index in [-0.39, 0.29) is 19.8 Å². The van der Waals surface area contributed by atoms with Gasteiger partial charge in [-0.05, 0) is 11.1 Å². The molecule has 0 saturated carbocycles. The van der Waals surface area contributed by atoms with Gasteiger partial charge in [-0.3, -0.25) is 24.0 Å². The molecule has 0 bridgehead atoms. The summed E-state index contributed by atoms with van der Waals surface area (Å²) in [7, 11) is 0. The summed E-state index contributed by atoms with van der Waals surface area (Å²) in [4.78, 5) is 61.1. The van der Waals surface area contributed by atoms with Crippen molar-refractivity contribution in [1.82, 2.24) is 5.32 Å². The van der Waals surface area contributed by atoms with Crippen molar-refractivity contribution in [1.29, 1.82) is 0 Å². The molecule has 2 N–H and O–H groups in total. The molecule has 2 aliphatic heterocycles. The van der Waals surface area contributed by atoms with Crippen LogP contribution < -0.4 is 5.32 Å². The fourth-order valence-corrected chi connectivity index (χ4v) is 5.83. The zero-order chi connectivity index (χ0) is 37.8. The minimum absolute atomic E-state index is 0.0666. The number of benzene rings is 2. The number of hydrogen-bond donors (Lipinski definition) is 2. The number of aliphatic hydroxyl groups is 1. The molecular formula is C36H45NO15. The number of nitrogens with one attached hydrogen (secondary N) is 1. The van der Waals surface area contributed by atoms with E-state index in [0.29, 0.717) is 0 Å². The molecule has 2 heterocycles. The minimum Gasteiger partial charge on any atom is -0.463 e. The number of esters is 4. The molecule has 2 aromatic rings. The first-order valence-corrected chi connectivity index (χ1v) is 16.7. The number of amides is 1. The molecule has 0 spiro atoms. The Hall–Kier alpha value is -4.45. The van der Waals surface area contributed by atoms with E-state index in [2.05, 4.69) is 5.32 Å². The Balaban J connectivity index is 1.70. The molecule has 4 rings (SSSR count). The standard InChI is InChI=1S/C36H45NO15/c1-20(38)37-29-30(43)31(27(18-44-16-25-12-8-6-9-13-25)50-35(29)46-17-26-14-10-7-11-15-26)52-36-34(49-24(5)42)33(48-23(4)41)32(47-22(3)40)28(51-36)19-45-21(2)39/h6-15,27-36,43H,16-19H2,1-5H3,(H,37,38). The highest BCUT2D eigenvalue weighted by molar-refractivity contribution is 5.73. The quantitative estimate of drug-likeness (QED) is 0.197. The molecule has 52 heavy (non-hydrogen) atoms. The normalized spacial score (nSPS) is 28.6. The second kappa shape index (κ2) is 19.4. The van der Waals surface area contributed by atoms with Crippen LogP contribution in [0.2, 0.25) is 0 Å². The summed E-state index contributed by atoms with van der Waals surface area (Å²) >= 11 is 0. The van der Waals surface area contributed by atoms with E-state index in [0.717, 1.165) is 38.8 Å². The summed E-state index contributed by atoms with van der Waals surface area (Å²) in [6.07, 6.45) is -12.7. The first-order chi connectivity index (χ1) is 24.8. The third kappa shape index (κ3) is 11.8. The predicted molar refractivity (Wildman–Crippen MR) is 176 cm³/mol. The number of hydrogen-bond acceptors (Lipinski definition) is 15. The van der Waals surface area contributed by atoms with Crippen LogP contribution in [0.1, 0.15) is 45.7 Å². The van der Waals surface area contributed by atoms with Crippen LogP contribution in [0.25, 0.3) is 0 Å². The summed E-state index contributed by atoms with van der Waals surface area (Å²) in [5.74, 6) is -3.67. The number of ether oxygens (including phenoxy) is 9. The average molecular weight is 732 g/mol. The molecule has 284 valence electrons. The lowest BCUT2D eigenvalue weighted by Crippen LogP contribution is -2.68. The van der Waals surface area contributed by atoms with E-state index >= 15 is 0 Å². The lowest BCUT2D eigenvalue weighted by Gasteiger charge is -2.48. The van der Waals surface area contributed by atoms with Crippen LogP contribution >= 0.6 is 0 Å². The first kappa shape index (κ1) is 40.3. The van der Waals surface area contributed by atoms with Crippen LogP contribution in [0.3, 0.4) is 0 Å². The maximum absolute atomic E-state index is 12.4. The summed E-state index contributed by atoms with van der Waals surface area (Å²) in [6, 6.07) is 17.3. The first-order valence-electron chi connectivity index (χ1n) is 16.7. The smallest absolute Gasteiger partial charge is 0.303 e. The van der Waals surface area contributed by atoms with Gasteiger partial charge in [-0.25, -0.2) is 0 Å². The van der Waals surface area contributed by atoms with Gasteiger partial charge in [0, 0.05) is 34.6 Å². The second-order valence-corrected chi connectivity index (χ2v) is 12.2. The maximum Gasteiger partial charge on any atom is 0.303 e.